The van der Waals surface area contributed by atoms with Gasteiger partial charge >= 0.3 is 0 Å². The topological polar surface area (TPSA) is 86.8 Å². The molecule has 1 N–H and O–H groups in total. The molecule has 2 amide bonds. The van der Waals surface area contributed by atoms with Gasteiger partial charge < -0.3 is 10.2 Å². The number of amides is 2. The van der Waals surface area contributed by atoms with E-state index in [0.29, 0.717) is 18.5 Å². The molecule has 7 nitrogen and oxygen atoms in total. The predicted octanol–water partition coefficient (Wildman–Crippen LogP) is 5.25. The third-order valence-corrected chi connectivity index (χ3v) is 9.10. The van der Waals surface area contributed by atoms with Gasteiger partial charge in [0.05, 0.1) is 10.6 Å². The highest BCUT2D eigenvalue weighted by Gasteiger charge is 2.33. The van der Waals surface area contributed by atoms with Crippen molar-refractivity contribution in [2.24, 2.45) is 0 Å². The first-order chi connectivity index (χ1) is 18.7. The second kappa shape index (κ2) is 14.5. The normalized spacial score (nSPS) is 12.8. The Morgan fingerprint density at radius 3 is 2.03 bits per heavy atom. The van der Waals surface area contributed by atoms with Crippen molar-refractivity contribution >= 4 is 50.1 Å². The Morgan fingerprint density at radius 2 is 1.46 bits per heavy atom. The highest BCUT2D eigenvalue weighted by Crippen LogP contribution is 2.25. The van der Waals surface area contributed by atoms with Crippen LogP contribution in [0, 0.1) is 3.57 Å². The zero-order valence-corrected chi connectivity index (χ0v) is 25.6. The van der Waals surface area contributed by atoms with E-state index in [1.54, 1.807) is 42.5 Å². The average molecular weight is 662 g/mol. The van der Waals surface area contributed by atoms with E-state index < -0.39 is 28.5 Å². The Kier molecular flexibility index (Phi) is 11.4. The maximum Gasteiger partial charge on any atom is 0.264 e. The van der Waals surface area contributed by atoms with Crippen LogP contribution in [-0.2, 0) is 26.0 Å². The molecule has 3 aromatic carbocycles. The van der Waals surface area contributed by atoms with E-state index in [-0.39, 0.29) is 23.4 Å². The van der Waals surface area contributed by atoms with Crippen LogP contribution in [0.2, 0.25) is 0 Å². The number of carbonyl (C=O) groups is 2. The Balaban J connectivity index is 1.99. The largest absolute Gasteiger partial charge is 0.352 e. The Hall–Kier alpha value is -2.92. The molecule has 0 bridgehead atoms. The Morgan fingerprint density at radius 1 is 0.872 bits per heavy atom. The second-order valence-corrected chi connectivity index (χ2v) is 12.5. The molecule has 0 heterocycles. The first-order valence-electron chi connectivity index (χ1n) is 13.1. The molecule has 0 aromatic heterocycles. The summed E-state index contributed by atoms with van der Waals surface area (Å²) in [7, 11) is -4.06. The van der Waals surface area contributed by atoms with Crippen molar-refractivity contribution in [2.45, 2.75) is 57.0 Å². The van der Waals surface area contributed by atoms with Gasteiger partial charge in [-0.3, -0.25) is 13.9 Å². The van der Waals surface area contributed by atoms with Gasteiger partial charge in [0, 0.05) is 16.2 Å². The van der Waals surface area contributed by atoms with Gasteiger partial charge in [-0.15, -0.1) is 0 Å². The summed E-state index contributed by atoms with van der Waals surface area (Å²) in [5, 5.41) is 3.00. The van der Waals surface area contributed by atoms with Crippen molar-refractivity contribution in [1.82, 2.24) is 10.2 Å². The lowest BCUT2D eigenvalue weighted by molar-refractivity contribution is -0.139. The minimum absolute atomic E-state index is 0.0422. The molecular weight excluding hydrogens is 625 g/mol. The molecule has 0 saturated carbocycles. The molecule has 9 heteroatoms. The maximum atomic E-state index is 14.0. The zero-order chi connectivity index (χ0) is 28.4. The smallest absolute Gasteiger partial charge is 0.264 e. The summed E-state index contributed by atoms with van der Waals surface area (Å²) in [5.41, 5.74) is 1.41. The van der Waals surface area contributed by atoms with E-state index in [0.717, 1.165) is 19.9 Å². The molecule has 208 valence electrons. The molecule has 0 saturated heterocycles. The summed E-state index contributed by atoms with van der Waals surface area (Å²) in [4.78, 5) is 28.9. The Bertz CT molecular complexity index is 1320. The minimum Gasteiger partial charge on any atom is -0.352 e. The summed E-state index contributed by atoms with van der Waals surface area (Å²) in [5.74, 6) is -0.671. The van der Waals surface area contributed by atoms with E-state index in [9.17, 15) is 18.0 Å². The molecule has 0 aliphatic carbocycles. The van der Waals surface area contributed by atoms with Gasteiger partial charge in [0.2, 0.25) is 11.8 Å². The highest BCUT2D eigenvalue weighted by atomic mass is 127. The summed E-state index contributed by atoms with van der Waals surface area (Å²) >= 11 is 2.15. The number of hydrogen-bond donors (Lipinski definition) is 1. The van der Waals surface area contributed by atoms with Gasteiger partial charge in [0.1, 0.15) is 12.6 Å². The van der Waals surface area contributed by atoms with E-state index >= 15 is 0 Å². The Labute approximate surface area is 245 Å². The number of carbonyl (C=O) groups excluding carboxylic acids is 2. The fraction of sp³-hybridized carbons (Fsp3) is 0.333. The van der Waals surface area contributed by atoms with Crippen molar-refractivity contribution in [2.75, 3.05) is 17.4 Å². The first kappa shape index (κ1) is 30.6. The SMILES string of the molecule is CCC(C)NC(=O)C(CC)N(CCc1ccccc1)C(=O)CN(c1ccc(I)cc1)S(=O)(=O)c1ccccc1. The fourth-order valence-electron chi connectivity index (χ4n) is 4.19. The molecule has 3 rings (SSSR count). The first-order valence-corrected chi connectivity index (χ1v) is 15.7. The summed E-state index contributed by atoms with van der Waals surface area (Å²) in [6.07, 6.45) is 1.70. The fourth-order valence-corrected chi connectivity index (χ4v) is 5.99. The van der Waals surface area contributed by atoms with Crippen LogP contribution in [0.3, 0.4) is 0 Å². The van der Waals surface area contributed by atoms with Crippen molar-refractivity contribution < 1.29 is 18.0 Å². The quantitative estimate of drug-likeness (QED) is 0.254. The molecule has 2 unspecified atom stereocenters. The van der Waals surface area contributed by atoms with Gasteiger partial charge in [0.25, 0.3) is 10.0 Å². The molecule has 0 radical (unpaired) electrons. The van der Waals surface area contributed by atoms with Crippen LogP contribution in [0.15, 0.2) is 89.8 Å². The van der Waals surface area contributed by atoms with Crippen molar-refractivity contribution in [3.8, 4) is 0 Å². The lowest BCUT2D eigenvalue weighted by Gasteiger charge is -2.33. The third kappa shape index (κ3) is 8.28. The number of hydrogen-bond acceptors (Lipinski definition) is 4. The number of rotatable bonds is 13. The van der Waals surface area contributed by atoms with Crippen LogP contribution in [0.25, 0.3) is 0 Å². The summed E-state index contributed by atoms with van der Waals surface area (Å²) < 4.78 is 29.6. The number of nitrogens with zero attached hydrogens (tertiary/aromatic N) is 2. The third-order valence-electron chi connectivity index (χ3n) is 6.60. The van der Waals surface area contributed by atoms with Crippen LogP contribution < -0.4 is 9.62 Å². The standard InChI is InChI=1S/C30H36IN3O4S/c1-4-23(3)32-30(36)28(5-2)33(21-20-24-12-8-6-9-13-24)29(35)22-34(26-18-16-25(31)17-19-26)39(37,38)27-14-10-7-11-15-27/h6-19,23,28H,4-5,20-22H2,1-3H3,(H,32,36). The van der Waals surface area contributed by atoms with Crippen LogP contribution >= 0.6 is 22.6 Å². The van der Waals surface area contributed by atoms with Gasteiger partial charge in [-0.05, 0) is 90.7 Å². The molecule has 0 fully saturated rings. The average Bonchev–Trinajstić information content (AvgIpc) is 2.95. The molecule has 3 aromatic rings. The minimum atomic E-state index is -4.06. The number of nitrogens with one attached hydrogen (secondary N) is 1. The van der Waals surface area contributed by atoms with Crippen LogP contribution in [-0.4, -0.2) is 50.3 Å². The molecule has 39 heavy (non-hydrogen) atoms. The lowest BCUT2D eigenvalue weighted by atomic mass is 10.1. The van der Waals surface area contributed by atoms with Gasteiger partial charge in [0.15, 0.2) is 0 Å². The second-order valence-electron chi connectivity index (χ2n) is 9.37. The van der Waals surface area contributed by atoms with Gasteiger partial charge in [-0.25, -0.2) is 8.42 Å². The van der Waals surface area contributed by atoms with Crippen LogP contribution in [0.1, 0.15) is 39.2 Å². The molecule has 0 aliphatic rings. The van der Waals surface area contributed by atoms with Crippen molar-refractivity contribution in [3.63, 3.8) is 0 Å². The number of sulfonamides is 1. The van der Waals surface area contributed by atoms with Crippen LogP contribution in [0.4, 0.5) is 5.69 Å². The molecule has 0 spiro atoms. The predicted molar refractivity (Wildman–Crippen MR) is 164 cm³/mol. The van der Waals surface area contributed by atoms with E-state index in [4.69, 9.17) is 0 Å². The maximum absolute atomic E-state index is 14.0. The molecule has 0 aliphatic heterocycles. The number of anilines is 1. The summed E-state index contributed by atoms with van der Waals surface area (Å²) in [6, 6.07) is 24.0. The zero-order valence-electron chi connectivity index (χ0n) is 22.6. The number of halogens is 1. The van der Waals surface area contributed by atoms with Gasteiger partial charge in [-0.1, -0.05) is 62.4 Å². The van der Waals surface area contributed by atoms with E-state index in [1.807, 2.05) is 51.1 Å². The van der Waals surface area contributed by atoms with Crippen molar-refractivity contribution in [1.29, 1.82) is 0 Å². The van der Waals surface area contributed by atoms with E-state index in [2.05, 4.69) is 27.9 Å². The van der Waals surface area contributed by atoms with Crippen molar-refractivity contribution in [3.05, 3.63) is 94.1 Å². The molecular formula is C30H36IN3O4S. The highest BCUT2D eigenvalue weighted by molar-refractivity contribution is 14.1. The summed E-state index contributed by atoms with van der Waals surface area (Å²) in [6.45, 7) is 5.62. The van der Waals surface area contributed by atoms with E-state index in [1.165, 1.54) is 17.0 Å². The van der Waals surface area contributed by atoms with Crippen LogP contribution in [0.5, 0.6) is 0 Å². The number of benzene rings is 3. The monoisotopic (exact) mass is 661 g/mol. The molecule has 2 atom stereocenters. The lowest BCUT2D eigenvalue weighted by Crippen LogP contribution is -2.54. The van der Waals surface area contributed by atoms with Gasteiger partial charge in [-0.2, -0.15) is 0 Å².